The summed E-state index contributed by atoms with van der Waals surface area (Å²) in [7, 11) is 0. The number of nitriles is 1. The van der Waals surface area contributed by atoms with Crippen LogP contribution in [0.1, 0.15) is 24.7 Å². The van der Waals surface area contributed by atoms with Crippen molar-refractivity contribution in [2.75, 3.05) is 18.0 Å². The van der Waals surface area contributed by atoms with Gasteiger partial charge in [-0.05, 0) is 20.8 Å². The number of rotatable bonds is 4. The SMILES string of the molecule is CCN(CCC#N)c1nc(C)c(C)nc1Cl. The molecule has 1 heterocycles. The lowest BCUT2D eigenvalue weighted by Crippen LogP contribution is -2.25. The summed E-state index contributed by atoms with van der Waals surface area (Å²) in [6.07, 6.45) is 0.457. The molecule has 0 aliphatic carbocycles. The summed E-state index contributed by atoms with van der Waals surface area (Å²) in [4.78, 5) is 10.6. The Morgan fingerprint density at radius 1 is 1.31 bits per heavy atom. The van der Waals surface area contributed by atoms with Crippen molar-refractivity contribution in [2.24, 2.45) is 0 Å². The first-order chi connectivity index (χ1) is 7.60. The van der Waals surface area contributed by atoms with E-state index in [1.54, 1.807) is 0 Å². The maximum Gasteiger partial charge on any atom is 0.171 e. The highest BCUT2D eigenvalue weighted by Crippen LogP contribution is 2.22. The van der Waals surface area contributed by atoms with Gasteiger partial charge in [0.2, 0.25) is 0 Å². The van der Waals surface area contributed by atoms with Crippen LogP contribution in [0.2, 0.25) is 5.15 Å². The summed E-state index contributed by atoms with van der Waals surface area (Å²) in [5.74, 6) is 0.669. The van der Waals surface area contributed by atoms with Crippen LogP contribution in [-0.4, -0.2) is 23.1 Å². The first-order valence-corrected chi connectivity index (χ1v) is 5.60. The molecular weight excluding hydrogens is 224 g/mol. The molecule has 0 aliphatic heterocycles. The molecule has 1 rings (SSSR count). The average molecular weight is 239 g/mol. The second-order valence-electron chi connectivity index (χ2n) is 3.50. The summed E-state index contributed by atoms with van der Waals surface area (Å²) in [5, 5.41) is 8.99. The molecule has 0 aromatic carbocycles. The van der Waals surface area contributed by atoms with E-state index in [0.717, 1.165) is 17.9 Å². The van der Waals surface area contributed by atoms with E-state index in [2.05, 4.69) is 16.0 Å². The van der Waals surface area contributed by atoms with Gasteiger partial charge in [-0.15, -0.1) is 0 Å². The molecule has 1 aromatic heterocycles. The van der Waals surface area contributed by atoms with Crippen LogP contribution in [0, 0.1) is 25.2 Å². The first kappa shape index (κ1) is 12.7. The topological polar surface area (TPSA) is 52.8 Å². The Morgan fingerprint density at radius 2 is 1.94 bits per heavy atom. The lowest BCUT2D eigenvalue weighted by Gasteiger charge is -2.21. The zero-order chi connectivity index (χ0) is 12.1. The van der Waals surface area contributed by atoms with Crippen molar-refractivity contribution < 1.29 is 0 Å². The van der Waals surface area contributed by atoms with Crippen LogP contribution in [0.15, 0.2) is 0 Å². The minimum Gasteiger partial charge on any atom is -0.353 e. The van der Waals surface area contributed by atoms with E-state index in [1.165, 1.54) is 0 Å². The minimum atomic E-state index is 0.405. The Bertz CT molecular complexity index is 411. The number of anilines is 1. The Balaban J connectivity index is 3.01. The molecule has 0 spiro atoms. The number of halogens is 1. The molecule has 0 saturated heterocycles. The zero-order valence-electron chi connectivity index (χ0n) is 9.79. The highest BCUT2D eigenvalue weighted by molar-refractivity contribution is 6.31. The van der Waals surface area contributed by atoms with Crippen molar-refractivity contribution in [3.05, 3.63) is 16.5 Å². The summed E-state index contributed by atoms with van der Waals surface area (Å²) in [6.45, 7) is 7.18. The third-order valence-electron chi connectivity index (χ3n) is 2.42. The highest BCUT2D eigenvalue weighted by Gasteiger charge is 2.13. The van der Waals surface area contributed by atoms with Crippen molar-refractivity contribution in [2.45, 2.75) is 27.2 Å². The molecule has 0 N–H and O–H groups in total. The van der Waals surface area contributed by atoms with E-state index in [-0.39, 0.29) is 0 Å². The Labute approximate surface area is 101 Å². The van der Waals surface area contributed by atoms with Gasteiger partial charge in [0.05, 0.1) is 23.9 Å². The molecule has 4 nitrogen and oxygen atoms in total. The summed E-state index contributed by atoms with van der Waals surface area (Å²) < 4.78 is 0. The normalized spacial score (nSPS) is 9.94. The van der Waals surface area contributed by atoms with Gasteiger partial charge in [0.15, 0.2) is 11.0 Å². The van der Waals surface area contributed by atoms with Gasteiger partial charge in [-0.1, -0.05) is 11.6 Å². The molecule has 0 unspecified atom stereocenters. The molecule has 86 valence electrons. The summed E-state index contributed by atoms with van der Waals surface area (Å²) in [5.41, 5.74) is 1.71. The molecule has 0 fully saturated rings. The lowest BCUT2D eigenvalue weighted by molar-refractivity contribution is 0.800. The largest absolute Gasteiger partial charge is 0.353 e. The summed E-state index contributed by atoms with van der Waals surface area (Å²) in [6, 6.07) is 2.11. The van der Waals surface area contributed by atoms with Crippen molar-refractivity contribution in [1.82, 2.24) is 9.97 Å². The van der Waals surface area contributed by atoms with Gasteiger partial charge < -0.3 is 4.90 Å². The lowest BCUT2D eigenvalue weighted by atomic mass is 10.3. The Morgan fingerprint density at radius 3 is 2.50 bits per heavy atom. The fraction of sp³-hybridized carbons (Fsp3) is 0.545. The van der Waals surface area contributed by atoms with Crippen LogP contribution in [0.4, 0.5) is 5.82 Å². The van der Waals surface area contributed by atoms with Gasteiger partial charge >= 0.3 is 0 Å². The number of hydrogen-bond acceptors (Lipinski definition) is 4. The molecule has 0 atom stereocenters. The number of aryl methyl sites for hydroxylation is 2. The Hall–Kier alpha value is -1.34. The van der Waals surface area contributed by atoms with Crippen LogP contribution in [0.25, 0.3) is 0 Å². The van der Waals surface area contributed by atoms with Crippen LogP contribution in [0.5, 0.6) is 0 Å². The molecular formula is C11H15ClN4. The van der Waals surface area contributed by atoms with E-state index in [4.69, 9.17) is 16.9 Å². The predicted molar refractivity (Wildman–Crippen MR) is 64.6 cm³/mol. The molecule has 16 heavy (non-hydrogen) atoms. The molecule has 0 saturated carbocycles. The smallest absolute Gasteiger partial charge is 0.171 e. The van der Waals surface area contributed by atoms with Crippen molar-refractivity contribution in [1.29, 1.82) is 5.26 Å². The average Bonchev–Trinajstić information content (AvgIpc) is 2.26. The molecule has 5 heteroatoms. The maximum absolute atomic E-state index is 8.58. The van der Waals surface area contributed by atoms with Crippen LogP contribution >= 0.6 is 11.6 Å². The number of hydrogen-bond donors (Lipinski definition) is 0. The van der Waals surface area contributed by atoms with Gasteiger partial charge in [0, 0.05) is 13.1 Å². The molecule has 1 aromatic rings. The van der Waals surface area contributed by atoms with E-state index in [0.29, 0.717) is 23.9 Å². The molecule has 0 amide bonds. The van der Waals surface area contributed by atoms with Crippen molar-refractivity contribution in [3.8, 4) is 6.07 Å². The molecule has 0 radical (unpaired) electrons. The first-order valence-electron chi connectivity index (χ1n) is 5.22. The van der Waals surface area contributed by atoms with Crippen molar-refractivity contribution >= 4 is 17.4 Å². The Kier molecular flexibility index (Phi) is 4.51. The highest BCUT2D eigenvalue weighted by atomic mass is 35.5. The molecule has 0 bridgehead atoms. The van der Waals surface area contributed by atoms with Crippen LogP contribution in [-0.2, 0) is 0 Å². The number of nitrogens with zero attached hydrogens (tertiary/aromatic N) is 4. The van der Waals surface area contributed by atoms with Crippen LogP contribution < -0.4 is 4.90 Å². The molecule has 0 aliphatic rings. The monoisotopic (exact) mass is 238 g/mol. The van der Waals surface area contributed by atoms with E-state index < -0.39 is 0 Å². The number of aromatic nitrogens is 2. The van der Waals surface area contributed by atoms with E-state index in [1.807, 2.05) is 25.7 Å². The minimum absolute atomic E-state index is 0.405. The zero-order valence-corrected chi connectivity index (χ0v) is 10.5. The van der Waals surface area contributed by atoms with Gasteiger partial charge in [0.25, 0.3) is 0 Å². The third kappa shape index (κ3) is 2.83. The van der Waals surface area contributed by atoms with Crippen LogP contribution in [0.3, 0.4) is 0 Å². The quantitative estimate of drug-likeness (QED) is 0.809. The van der Waals surface area contributed by atoms with Crippen molar-refractivity contribution in [3.63, 3.8) is 0 Å². The van der Waals surface area contributed by atoms with E-state index in [9.17, 15) is 0 Å². The second kappa shape index (κ2) is 5.66. The third-order valence-corrected chi connectivity index (χ3v) is 2.68. The fourth-order valence-corrected chi connectivity index (χ4v) is 1.65. The van der Waals surface area contributed by atoms with Gasteiger partial charge in [0.1, 0.15) is 0 Å². The second-order valence-corrected chi connectivity index (χ2v) is 3.85. The standard InChI is InChI=1S/C11H15ClN4/c1-4-16(7-5-6-13)11-10(12)14-8(2)9(3)15-11/h4-5,7H2,1-3H3. The summed E-state index contributed by atoms with van der Waals surface area (Å²) >= 11 is 6.06. The predicted octanol–water partition coefficient (Wildman–Crippen LogP) is 2.49. The van der Waals surface area contributed by atoms with Gasteiger partial charge in [-0.25, -0.2) is 9.97 Å². The fourth-order valence-electron chi connectivity index (χ4n) is 1.36. The van der Waals surface area contributed by atoms with E-state index >= 15 is 0 Å². The van der Waals surface area contributed by atoms with Gasteiger partial charge in [-0.2, -0.15) is 5.26 Å². The maximum atomic E-state index is 8.58. The van der Waals surface area contributed by atoms with Gasteiger partial charge in [-0.3, -0.25) is 0 Å².